The summed E-state index contributed by atoms with van der Waals surface area (Å²) in [5.41, 5.74) is 0.116. The maximum absolute atomic E-state index is 11.0. The van der Waals surface area contributed by atoms with Crippen molar-refractivity contribution in [2.75, 3.05) is 19.8 Å². The molecule has 0 unspecified atom stereocenters. The van der Waals surface area contributed by atoms with Gasteiger partial charge in [-0.15, -0.1) is 0 Å². The number of carbonyl (C=O) groups is 1. The average Bonchev–Trinajstić information content (AvgIpc) is 2.33. The van der Waals surface area contributed by atoms with Crippen molar-refractivity contribution in [1.29, 1.82) is 0 Å². The number of aromatic carboxylic acids is 1. The second kappa shape index (κ2) is 6.74. The Morgan fingerprint density at radius 1 is 1.00 bits per heavy atom. The van der Waals surface area contributed by atoms with Crippen molar-refractivity contribution in [2.45, 2.75) is 20.8 Å². The van der Waals surface area contributed by atoms with Gasteiger partial charge < -0.3 is 19.3 Å². The SMILES string of the molecule is CCOc1cc(C(=O)O)cc(OCC)c1OCC. The monoisotopic (exact) mass is 254 g/mol. The highest BCUT2D eigenvalue weighted by atomic mass is 16.5. The Balaban J connectivity index is 3.28. The lowest BCUT2D eigenvalue weighted by Gasteiger charge is -2.16. The van der Waals surface area contributed by atoms with Crippen LogP contribution < -0.4 is 14.2 Å². The molecule has 0 fully saturated rings. The van der Waals surface area contributed by atoms with Gasteiger partial charge in [-0.25, -0.2) is 4.79 Å². The molecule has 0 heterocycles. The Morgan fingerprint density at radius 2 is 1.44 bits per heavy atom. The minimum absolute atomic E-state index is 0.116. The summed E-state index contributed by atoms with van der Waals surface area (Å²) in [7, 11) is 0. The predicted octanol–water partition coefficient (Wildman–Crippen LogP) is 2.58. The number of carboxylic acids is 1. The van der Waals surface area contributed by atoms with Crippen LogP contribution in [0.4, 0.5) is 0 Å². The van der Waals surface area contributed by atoms with Crippen LogP contribution in [0.1, 0.15) is 31.1 Å². The number of carboxylic acid groups (broad SMARTS) is 1. The van der Waals surface area contributed by atoms with E-state index in [9.17, 15) is 4.79 Å². The first kappa shape index (κ1) is 14.2. The third kappa shape index (κ3) is 3.29. The number of rotatable bonds is 7. The standard InChI is InChI=1S/C13H18O5/c1-4-16-10-7-9(13(14)15)8-11(17-5-2)12(10)18-6-3/h7-8H,4-6H2,1-3H3,(H,14,15). The summed E-state index contributed by atoms with van der Waals surface area (Å²) in [6.45, 7) is 6.79. The molecule has 0 aromatic heterocycles. The van der Waals surface area contributed by atoms with Crippen molar-refractivity contribution < 1.29 is 24.1 Å². The molecule has 0 saturated heterocycles. The van der Waals surface area contributed by atoms with Gasteiger partial charge in [0, 0.05) is 0 Å². The van der Waals surface area contributed by atoms with Crippen LogP contribution in [0, 0.1) is 0 Å². The molecular weight excluding hydrogens is 236 g/mol. The Labute approximate surface area is 106 Å². The van der Waals surface area contributed by atoms with Crippen LogP contribution in [0.2, 0.25) is 0 Å². The molecule has 5 nitrogen and oxygen atoms in total. The summed E-state index contributed by atoms with van der Waals surface area (Å²) in [4.78, 5) is 11.0. The molecule has 18 heavy (non-hydrogen) atoms. The molecule has 1 aromatic carbocycles. The fourth-order valence-corrected chi connectivity index (χ4v) is 1.51. The number of ether oxygens (including phenoxy) is 3. The van der Waals surface area contributed by atoms with Gasteiger partial charge in [0.25, 0.3) is 0 Å². The maximum atomic E-state index is 11.0. The highest BCUT2D eigenvalue weighted by Crippen LogP contribution is 2.39. The van der Waals surface area contributed by atoms with E-state index in [0.29, 0.717) is 37.1 Å². The lowest BCUT2D eigenvalue weighted by Crippen LogP contribution is -2.05. The molecule has 0 aliphatic carbocycles. The first-order valence-corrected chi connectivity index (χ1v) is 5.93. The highest BCUT2D eigenvalue weighted by Gasteiger charge is 2.17. The Morgan fingerprint density at radius 3 is 1.78 bits per heavy atom. The molecule has 0 aliphatic heterocycles. The zero-order valence-corrected chi connectivity index (χ0v) is 10.9. The minimum Gasteiger partial charge on any atom is -0.490 e. The molecule has 100 valence electrons. The zero-order valence-electron chi connectivity index (χ0n) is 10.9. The second-order valence-electron chi connectivity index (χ2n) is 3.41. The van der Waals surface area contributed by atoms with Crippen molar-refractivity contribution in [3.8, 4) is 17.2 Å². The summed E-state index contributed by atoms with van der Waals surface area (Å²) in [6, 6.07) is 2.89. The minimum atomic E-state index is -1.03. The molecule has 0 amide bonds. The summed E-state index contributed by atoms with van der Waals surface area (Å²) >= 11 is 0. The predicted molar refractivity (Wildman–Crippen MR) is 66.9 cm³/mol. The third-order valence-electron chi connectivity index (χ3n) is 2.16. The van der Waals surface area contributed by atoms with Gasteiger partial charge in [0.2, 0.25) is 5.75 Å². The summed E-state index contributed by atoms with van der Waals surface area (Å²) in [5, 5.41) is 9.04. The average molecular weight is 254 g/mol. The molecule has 5 heteroatoms. The lowest BCUT2D eigenvalue weighted by atomic mass is 10.2. The largest absolute Gasteiger partial charge is 0.490 e. The van der Waals surface area contributed by atoms with E-state index in [2.05, 4.69) is 0 Å². The van der Waals surface area contributed by atoms with Crippen molar-refractivity contribution in [3.05, 3.63) is 17.7 Å². The zero-order chi connectivity index (χ0) is 13.5. The maximum Gasteiger partial charge on any atom is 0.335 e. The molecule has 1 rings (SSSR count). The number of hydrogen-bond acceptors (Lipinski definition) is 4. The summed E-state index contributed by atoms with van der Waals surface area (Å²) in [6.07, 6.45) is 0. The summed E-state index contributed by atoms with van der Waals surface area (Å²) < 4.78 is 16.3. The van der Waals surface area contributed by atoms with Gasteiger partial charge in [-0.1, -0.05) is 0 Å². The Hall–Kier alpha value is -1.91. The first-order valence-electron chi connectivity index (χ1n) is 5.93. The Bertz CT molecular complexity index is 387. The van der Waals surface area contributed by atoms with E-state index in [1.54, 1.807) is 0 Å². The van der Waals surface area contributed by atoms with Gasteiger partial charge in [-0.05, 0) is 32.9 Å². The fourth-order valence-electron chi connectivity index (χ4n) is 1.51. The van der Waals surface area contributed by atoms with Crippen molar-refractivity contribution in [3.63, 3.8) is 0 Å². The van der Waals surface area contributed by atoms with Gasteiger partial charge in [0.15, 0.2) is 11.5 Å². The van der Waals surface area contributed by atoms with Crippen LogP contribution in [-0.2, 0) is 0 Å². The smallest absolute Gasteiger partial charge is 0.335 e. The quantitative estimate of drug-likeness (QED) is 0.810. The normalized spacial score (nSPS) is 9.94. The van der Waals surface area contributed by atoms with Crippen LogP contribution in [-0.4, -0.2) is 30.9 Å². The van der Waals surface area contributed by atoms with Gasteiger partial charge in [-0.2, -0.15) is 0 Å². The van der Waals surface area contributed by atoms with Crippen molar-refractivity contribution >= 4 is 5.97 Å². The van der Waals surface area contributed by atoms with Crippen LogP contribution >= 0.6 is 0 Å². The van der Waals surface area contributed by atoms with E-state index in [-0.39, 0.29) is 5.56 Å². The molecule has 0 atom stereocenters. The van der Waals surface area contributed by atoms with E-state index < -0.39 is 5.97 Å². The molecule has 0 bridgehead atoms. The van der Waals surface area contributed by atoms with Gasteiger partial charge in [-0.3, -0.25) is 0 Å². The number of benzene rings is 1. The van der Waals surface area contributed by atoms with Crippen molar-refractivity contribution in [2.24, 2.45) is 0 Å². The fraction of sp³-hybridized carbons (Fsp3) is 0.462. The first-order chi connectivity index (χ1) is 8.63. The third-order valence-corrected chi connectivity index (χ3v) is 2.16. The van der Waals surface area contributed by atoms with Crippen LogP contribution in [0.5, 0.6) is 17.2 Å². The molecule has 0 radical (unpaired) electrons. The molecule has 0 spiro atoms. The van der Waals surface area contributed by atoms with Crippen LogP contribution in [0.15, 0.2) is 12.1 Å². The van der Waals surface area contributed by atoms with E-state index in [1.165, 1.54) is 12.1 Å². The van der Waals surface area contributed by atoms with E-state index >= 15 is 0 Å². The number of hydrogen-bond donors (Lipinski definition) is 1. The molecule has 0 aliphatic rings. The van der Waals surface area contributed by atoms with Crippen molar-refractivity contribution in [1.82, 2.24) is 0 Å². The van der Waals surface area contributed by atoms with Crippen LogP contribution in [0.25, 0.3) is 0 Å². The van der Waals surface area contributed by atoms with Gasteiger partial charge in [0.1, 0.15) is 0 Å². The molecule has 1 N–H and O–H groups in total. The van der Waals surface area contributed by atoms with E-state index in [1.807, 2.05) is 20.8 Å². The van der Waals surface area contributed by atoms with Gasteiger partial charge >= 0.3 is 5.97 Å². The summed E-state index contributed by atoms with van der Waals surface area (Å²) in [5.74, 6) is 0.205. The van der Waals surface area contributed by atoms with Gasteiger partial charge in [0.05, 0.1) is 25.4 Å². The topological polar surface area (TPSA) is 65.0 Å². The van der Waals surface area contributed by atoms with E-state index in [0.717, 1.165) is 0 Å². The molecule has 1 aromatic rings. The van der Waals surface area contributed by atoms with E-state index in [4.69, 9.17) is 19.3 Å². The lowest BCUT2D eigenvalue weighted by molar-refractivity contribution is 0.0695. The highest BCUT2D eigenvalue weighted by molar-refractivity contribution is 5.89. The molecular formula is C13H18O5. The van der Waals surface area contributed by atoms with Crippen LogP contribution in [0.3, 0.4) is 0 Å². The second-order valence-corrected chi connectivity index (χ2v) is 3.41. The Kier molecular flexibility index (Phi) is 5.30. The molecule has 0 saturated carbocycles.